The van der Waals surface area contributed by atoms with E-state index in [1.165, 1.54) is 0 Å². The lowest BCUT2D eigenvalue weighted by Gasteiger charge is -2.30. The molecule has 1 rings (SSSR count). The van der Waals surface area contributed by atoms with E-state index in [4.69, 9.17) is 0 Å². The van der Waals surface area contributed by atoms with Crippen molar-refractivity contribution in [2.24, 2.45) is 11.8 Å². The highest BCUT2D eigenvalue weighted by Crippen LogP contribution is 2.39. The van der Waals surface area contributed by atoms with Crippen molar-refractivity contribution in [1.29, 1.82) is 0 Å². The summed E-state index contributed by atoms with van der Waals surface area (Å²) in [6.45, 7) is 3.80. The second-order valence-electron chi connectivity index (χ2n) is 4.92. The fourth-order valence-electron chi connectivity index (χ4n) is 2.19. The lowest BCUT2D eigenvalue weighted by Crippen LogP contribution is -2.40. The number of carbonyl (C=O) groups excluding carboxylic acids is 1. The molecule has 0 heterocycles. The van der Waals surface area contributed by atoms with Crippen molar-refractivity contribution in [2.75, 3.05) is 0 Å². The minimum Gasteiger partial charge on any atom is -0.353 e. The van der Waals surface area contributed by atoms with Crippen molar-refractivity contribution in [2.45, 2.75) is 58.2 Å². The van der Waals surface area contributed by atoms with Crippen LogP contribution in [0.3, 0.4) is 0 Å². The summed E-state index contributed by atoms with van der Waals surface area (Å²) < 4.78 is 37.7. The number of alkyl halides is 3. The molecule has 100 valence electrons. The van der Waals surface area contributed by atoms with Crippen LogP contribution in [0.15, 0.2) is 0 Å². The molecule has 1 fully saturated rings. The Labute approximate surface area is 100.0 Å². The summed E-state index contributed by atoms with van der Waals surface area (Å²) in [5.41, 5.74) is 0. The van der Waals surface area contributed by atoms with Gasteiger partial charge in [0.05, 0.1) is 5.92 Å². The van der Waals surface area contributed by atoms with Crippen molar-refractivity contribution >= 4 is 5.91 Å². The Bertz CT molecular complexity index is 265. The lowest BCUT2D eigenvalue weighted by molar-refractivity contribution is -0.186. The van der Waals surface area contributed by atoms with Gasteiger partial charge in [0.25, 0.3) is 0 Å². The smallest absolute Gasteiger partial charge is 0.353 e. The van der Waals surface area contributed by atoms with E-state index in [0.717, 1.165) is 6.42 Å². The normalized spacial score (nSPS) is 27.6. The average Bonchev–Trinajstić information content (AvgIpc) is 2.28. The molecule has 17 heavy (non-hydrogen) atoms. The molecule has 5 heteroatoms. The number of hydrogen-bond acceptors (Lipinski definition) is 1. The maximum absolute atomic E-state index is 12.6. The number of rotatable bonds is 3. The first-order chi connectivity index (χ1) is 7.84. The molecule has 3 unspecified atom stereocenters. The molecule has 1 saturated carbocycles. The van der Waals surface area contributed by atoms with Crippen molar-refractivity contribution in [3.05, 3.63) is 0 Å². The highest BCUT2D eigenvalue weighted by atomic mass is 19.4. The fraction of sp³-hybridized carbons (Fsp3) is 0.917. The van der Waals surface area contributed by atoms with E-state index in [0.29, 0.717) is 12.8 Å². The SMILES string of the molecule is CCC(C)NC(=O)C1CCCC(C(F)(F)F)C1. The van der Waals surface area contributed by atoms with Crippen LogP contribution in [0.2, 0.25) is 0 Å². The minimum absolute atomic E-state index is 0.0359. The van der Waals surface area contributed by atoms with Crippen LogP contribution < -0.4 is 5.32 Å². The van der Waals surface area contributed by atoms with Crippen molar-refractivity contribution in [3.8, 4) is 0 Å². The van der Waals surface area contributed by atoms with Crippen LogP contribution in [0.4, 0.5) is 13.2 Å². The Morgan fingerprint density at radius 2 is 2.06 bits per heavy atom. The predicted octanol–water partition coefficient (Wildman–Crippen LogP) is 3.27. The first kappa shape index (κ1) is 14.3. The summed E-state index contributed by atoms with van der Waals surface area (Å²) in [6, 6.07) is 0.0359. The quantitative estimate of drug-likeness (QED) is 0.819. The molecule has 1 N–H and O–H groups in total. The van der Waals surface area contributed by atoms with Gasteiger partial charge in [-0.25, -0.2) is 0 Å². The molecule has 1 aliphatic carbocycles. The molecule has 0 spiro atoms. The molecule has 0 aromatic heterocycles. The first-order valence-electron chi connectivity index (χ1n) is 6.21. The van der Waals surface area contributed by atoms with Gasteiger partial charge < -0.3 is 5.32 Å². The Balaban J connectivity index is 2.52. The zero-order chi connectivity index (χ0) is 13.1. The molecular formula is C12H20F3NO. The van der Waals surface area contributed by atoms with E-state index in [9.17, 15) is 18.0 Å². The molecule has 0 aliphatic heterocycles. The topological polar surface area (TPSA) is 29.1 Å². The molecule has 0 aromatic carbocycles. The molecule has 0 radical (unpaired) electrons. The van der Waals surface area contributed by atoms with Gasteiger partial charge >= 0.3 is 6.18 Å². The van der Waals surface area contributed by atoms with Crippen LogP contribution in [0, 0.1) is 11.8 Å². The number of amides is 1. The van der Waals surface area contributed by atoms with Crippen LogP contribution >= 0.6 is 0 Å². The van der Waals surface area contributed by atoms with Crippen molar-refractivity contribution in [3.63, 3.8) is 0 Å². The zero-order valence-corrected chi connectivity index (χ0v) is 10.3. The number of carbonyl (C=O) groups is 1. The van der Waals surface area contributed by atoms with Crippen molar-refractivity contribution < 1.29 is 18.0 Å². The third-order valence-electron chi connectivity index (χ3n) is 3.51. The van der Waals surface area contributed by atoms with Gasteiger partial charge in [0.1, 0.15) is 0 Å². The lowest BCUT2D eigenvalue weighted by atomic mass is 9.80. The third kappa shape index (κ3) is 4.21. The predicted molar refractivity (Wildman–Crippen MR) is 59.4 cm³/mol. The van der Waals surface area contributed by atoms with E-state index < -0.39 is 18.0 Å². The van der Waals surface area contributed by atoms with Gasteiger partial charge in [-0.05, 0) is 32.6 Å². The summed E-state index contributed by atoms with van der Waals surface area (Å²) in [5, 5.41) is 2.76. The van der Waals surface area contributed by atoms with Crippen LogP contribution in [0.1, 0.15) is 46.0 Å². The van der Waals surface area contributed by atoms with E-state index in [1.807, 2.05) is 13.8 Å². The van der Waals surface area contributed by atoms with Crippen LogP contribution in [0.5, 0.6) is 0 Å². The van der Waals surface area contributed by atoms with Gasteiger partial charge in [0, 0.05) is 12.0 Å². The minimum atomic E-state index is -4.16. The molecular weight excluding hydrogens is 231 g/mol. The molecule has 0 saturated heterocycles. The summed E-state index contributed by atoms with van der Waals surface area (Å²) in [5.74, 6) is -1.98. The van der Waals surface area contributed by atoms with Gasteiger partial charge in [0.15, 0.2) is 0 Å². The maximum Gasteiger partial charge on any atom is 0.391 e. The Hall–Kier alpha value is -0.740. The number of hydrogen-bond donors (Lipinski definition) is 1. The monoisotopic (exact) mass is 251 g/mol. The molecule has 1 amide bonds. The van der Waals surface area contributed by atoms with Gasteiger partial charge in [-0.2, -0.15) is 13.2 Å². The van der Waals surface area contributed by atoms with E-state index in [1.54, 1.807) is 0 Å². The van der Waals surface area contributed by atoms with Gasteiger partial charge in [-0.15, -0.1) is 0 Å². The highest BCUT2D eigenvalue weighted by Gasteiger charge is 2.43. The maximum atomic E-state index is 12.6. The second kappa shape index (κ2) is 5.74. The molecule has 0 aromatic rings. The Kier molecular flexibility index (Phi) is 4.83. The third-order valence-corrected chi connectivity index (χ3v) is 3.51. The zero-order valence-electron chi connectivity index (χ0n) is 10.3. The molecule has 0 bridgehead atoms. The van der Waals surface area contributed by atoms with Gasteiger partial charge in [0.2, 0.25) is 5.91 Å². The fourth-order valence-corrected chi connectivity index (χ4v) is 2.19. The van der Waals surface area contributed by atoms with E-state index in [2.05, 4.69) is 5.32 Å². The van der Waals surface area contributed by atoms with Crippen LogP contribution in [-0.4, -0.2) is 18.1 Å². The summed E-state index contributed by atoms with van der Waals surface area (Å²) >= 11 is 0. The summed E-state index contributed by atoms with van der Waals surface area (Å²) in [4.78, 5) is 11.8. The largest absolute Gasteiger partial charge is 0.391 e. The highest BCUT2D eigenvalue weighted by molar-refractivity contribution is 5.79. The molecule has 3 atom stereocenters. The Morgan fingerprint density at radius 1 is 1.41 bits per heavy atom. The molecule has 2 nitrogen and oxygen atoms in total. The van der Waals surface area contributed by atoms with Gasteiger partial charge in [-0.1, -0.05) is 13.3 Å². The number of halogens is 3. The number of nitrogens with one attached hydrogen (secondary N) is 1. The Morgan fingerprint density at radius 3 is 2.59 bits per heavy atom. The summed E-state index contributed by atoms with van der Waals surface area (Å²) in [6.07, 6.45) is -2.18. The standard InChI is InChI=1S/C12H20F3NO/c1-3-8(2)16-11(17)9-5-4-6-10(7-9)12(13,14)15/h8-10H,3-7H2,1-2H3,(H,16,17). The summed E-state index contributed by atoms with van der Waals surface area (Å²) in [7, 11) is 0. The van der Waals surface area contributed by atoms with Crippen LogP contribution in [-0.2, 0) is 4.79 Å². The van der Waals surface area contributed by atoms with E-state index in [-0.39, 0.29) is 24.8 Å². The molecule has 1 aliphatic rings. The first-order valence-corrected chi connectivity index (χ1v) is 6.21. The second-order valence-corrected chi connectivity index (χ2v) is 4.92. The van der Waals surface area contributed by atoms with Crippen LogP contribution in [0.25, 0.3) is 0 Å². The van der Waals surface area contributed by atoms with Crippen molar-refractivity contribution in [1.82, 2.24) is 5.32 Å². The van der Waals surface area contributed by atoms with E-state index >= 15 is 0 Å². The van der Waals surface area contributed by atoms with Gasteiger partial charge in [-0.3, -0.25) is 4.79 Å². The average molecular weight is 251 g/mol.